The summed E-state index contributed by atoms with van der Waals surface area (Å²) in [6.45, 7) is 5.80. The zero-order chi connectivity index (χ0) is 18.7. The standard InChI is InChI=1S/C21H26FN3O/c1-14-8-9-20(19(22)10-14)24-21(26)15(2)25-12-17(11-23)18(13-25)16-6-4-3-5-7-16/h3-10,15,17-18H,11-13,23H2,1-2H3,(H,24,26)/t15?,17-,18+/m1/s1. The first kappa shape index (κ1) is 18.5. The van der Waals surface area contributed by atoms with Crippen molar-refractivity contribution >= 4 is 11.6 Å². The van der Waals surface area contributed by atoms with Crippen LogP contribution in [-0.2, 0) is 4.79 Å². The summed E-state index contributed by atoms with van der Waals surface area (Å²) in [7, 11) is 0. The summed E-state index contributed by atoms with van der Waals surface area (Å²) in [4.78, 5) is 14.8. The number of nitrogens with zero attached hydrogens (tertiary/aromatic N) is 1. The molecule has 0 bridgehead atoms. The number of rotatable bonds is 5. The van der Waals surface area contributed by atoms with Crippen LogP contribution in [0.2, 0.25) is 0 Å². The largest absolute Gasteiger partial charge is 0.330 e. The highest BCUT2D eigenvalue weighted by Gasteiger charge is 2.36. The zero-order valence-electron chi connectivity index (χ0n) is 15.3. The molecular weight excluding hydrogens is 329 g/mol. The summed E-state index contributed by atoms with van der Waals surface area (Å²) in [6, 6.07) is 14.8. The Morgan fingerprint density at radius 1 is 1.27 bits per heavy atom. The van der Waals surface area contributed by atoms with Crippen molar-refractivity contribution in [2.45, 2.75) is 25.8 Å². The van der Waals surface area contributed by atoms with E-state index in [-0.39, 0.29) is 17.6 Å². The summed E-state index contributed by atoms with van der Waals surface area (Å²) >= 11 is 0. The van der Waals surface area contributed by atoms with Crippen LogP contribution < -0.4 is 11.1 Å². The molecule has 0 aliphatic carbocycles. The SMILES string of the molecule is Cc1ccc(NC(=O)C(C)N2C[C@@H](CN)[C@H](c3ccccc3)C2)c(F)c1. The van der Waals surface area contributed by atoms with E-state index in [1.807, 2.05) is 32.0 Å². The predicted octanol–water partition coefficient (Wildman–Crippen LogP) is 3.14. The highest BCUT2D eigenvalue weighted by atomic mass is 19.1. The molecule has 0 spiro atoms. The van der Waals surface area contributed by atoms with Crippen molar-refractivity contribution < 1.29 is 9.18 Å². The van der Waals surface area contributed by atoms with Crippen LogP contribution in [0.1, 0.15) is 24.0 Å². The summed E-state index contributed by atoms with van der Waals surface area (Å²) in [5.41, 5.74) is 8.28. The van der Waals surface area contributed by atoms with Gasteiger partial charge in [-0.2, -0.15) is 0 Å². The lowest BCUT2D eigenvalue weighted by molar-refractivity contribution is -0.120. The van der Waals surface area contributed by atoms with Crippen molar-refractivity contribution in [2.75, 3.05) is 25.0 Å². The van der Waals surface area contributed by atoms with Crippen LogP contribution in [0.3, 0.4) is 0 Å². The van der Waals surface area contributed by atoms with E-state index in [9.17, 15) is 9.18 Å². The number of nitrogens with two attached hydrogens (primary N) is 1. The van der Waals surface area contributed by atoms with Gasteiger partial charge in [-0.3, -0.25) is 9.69 Å². The molecule has 1 unspecified atom stereocenters. The van der Waals surface area contributed by atoms with Gasteiger partial charge in [0.25, 0.3) is 0 Å². The normalized spacial score (nSPS) is 21.5. The molecule has 1 amide bonds. The molecule has 2 aromatic carbocycles. The van der Waals surface area contributed by atoms with Crippen LogP contribution >= 0.6 is 0 Å². The maximum atomic E-state index is 14.0. The molecule has 3 atom stereocenters. The highest BCUT2D eigenvalue weighted by Crippen LogP contribution is 2.33. The van der Waals surface area contributed by atoms with Crippen molar-refractivity contribution in [2.24, 2.45) is 11.7 Å². The molecule has 0 saturated carbocycles. The Morgan fingerprint density at radius 2 is 2.00 bits per heavy atom. The second-order valence-electron chi connectivity index (χ2n) is 7.12. The number of carbonyl (C=O) groups excluding carboxylic acids is 1. The number of likely N-dealkylation sites (tertiary alicyclic amines) is 1. The van der Waals surface area contributed by atoms with Crippen molar-refractivity contribution in [3.05, 3.63) is 65.5 Å². The Bertz CT molecular complexity index is 765. The third kappa shape index (κ3) is 3.94. The minimum atomic E-state index is -0.408. The number of halogens is 1. The van der Waals surface area contributed by atoms with E-state index in [4.69, 9.17) is 5.73 Å². The predicted molar refractivity (Wildman–Crippen MR) is 103 cm³/mol. The molecule has 1 saturated heterocycles. The third-order valence-corrected chi connectivity index (χ3v) is 5.31. The number of benzene rings is 2. The lowest BCUT2D eigenvalue weighted by atomic mass is 9.89. The van der Waals surface area contributed by atoms with E-state index in [1.54, 1.807) is 12.1 Å². The highest BCUT2D eigenvalue weighted by molar-refractivity contribution is 5.94. The van der Waals surface area contributed by atoms with Crippen LogP contribution in [0.25, 0.3) is 0 Å². The van der Waals surface area contributed by atoms with Crippen LogP contribution in [0.5, 0.6) is 0 Å². The second-order valence-corrected chi connectivity index (χ2v) is 7.12. The Morgan fingerprint density at radius 3 is 2.65 bits per heavy atom. The third-order valence-electron chi connectivity index (χ3n) is 5.31. The Kier molecular flexibility index (Phi) is 5.69. The van der Waals surface area contributed by atoms with Gasteiger partial charge in [0.15, 0.2) is 0 Å². The quantitative estimate of drug-likeness (QED) is 0.866. The number of hydrogen-bond acceptors (Lipinski definition) is 3. The number of hydrogen-bond donors (Lipinski definition) is 2. The van der Waals surface area contributed by atoms with Gasteiger partial charge in [0.1, 0.15) is 5.82 Å². The molecule has 26 heavy (non-hydrogen) atoms. The molecule has 5 heteroatoms. The second kappa shape index (κ2) is 7.98. The van der Waals surface area contributed by atoms with Crippen molar-refractivity contribution in [3.63, 3.8) is 0 Å². The van der Waals surface area contributed by atoms with Gasteiger partial charge < -0.3 is 11.1 Å². The van der Waals surface area contributed by atoms with Crippen LogP contribution in [0.4, 0.5) is 10.1 Å². The number of carbonyl (C=O) groups is 1. The average Bonchev–Trinajstić information content (AvgIpc) is 3.08. The van der Waals surface area contributed by atoms with E-state index in [2.05, 4.69) is 22.3 Å². The maximum Gasteiger partial charge on any atom is 0.241 e. The first-order valence-corrected chi connectivity index (χ1v) is 9.05. The van der Waals surface area contributed by atoms with Crippen molar-refractivity contribution in [1.29, 1.82) is 0 Å². The summed E-state index contributed by atoms with van der Waals surface area (Å²) < 4.78 is 14.0. The van der Waals surface area contributed by atoms with Gasteiger partial charge in [0, 0.05) is 19.0 Å². The molecular formula is C21H26FN3O. The van der Waals surface area contributed by atoms with E-state index in [1.165, 1.54) is 11.6 Å². The Labute approximate surface area is 154 Å². The molecule has 1 aliphatic rings. The van der Waals surface area contributed by atoms with Gasteiger partial charge in [0.05, 0.1) is 11.7 Å². The summed E-state index contributed by atoms with van der Waals surface area (Å²) in [5.74, 6) is 0.0162. The molecule has 1 heterocycles. The lowest BCUT2D eigenvalue weighted by Crippen LogP contribution is -2.41. The lowest BCUT2D eigenvalue weighted by Gasteiger charge is -2.23. The van der Waals surface area contributed by atoms with Crippen LogP contribution in [-0.4, -0.2) is 36.5 Å². The van der Waals surface area contributed by atoms with Crippen molar-refractivity contribution in [1.82, 2.24) is 4.90 Å². The average molecular weight is 355 g/mol. The first-order valence-electron chi connectivity index (χ1n) is 9.05. The van der Waals surface area contributed by atoms with Crippen LogP contribution in [0, 0.1) is 18.7 Å². The molecule has 1 aliphatic heterocycles. The van der Waals surface area contributed by atoms with Gasteiger partial charge in [-0.25, -0.2) is 4.39 Å². The van der Waals surface area contributed by atoms with E-state index < -0.39 is 5.82 Å². The minimum absolute atomic E-state index is 0.197. The van der Waals surface area contributed by atoms with Gasteiger partial charge >= 0.3 is 0 Å². The van der Waals surface area contributed by atoms with Crippen LogP contribution in [0.15, 0.2) is 48.5 Å². The molecule has 0 radical (unpaired) electrons. The molecule has 2 aromatic rings. The Hall–Kier alpha value is -2.24. The monoisotopic (exact) mass is 355 g/mol. The summed E-state index contributed by atoms with van der Waals surface area (Å²) in [5, 5.41) is 2.71. The number of nitrogens with one attached hydrogen (secondary N) is 1. The maximum absolute atomic E-state index is 14.0. The van der Waals surface area contributed by atoms with Gasteiger partial charge in [-0.05, 0) is 49.6 Å². The molecule has 1 fully saturated rings. The van der Waals surface area contributed by atoms with Crippen molar-refractivity contribution in [3.8, 4) is 0 Å². The number of aryl methyl sites for hydroxylation is 1. The first-order chi connectivity index (χ1) is 12.5. The van der Waals surface area contributed by atoms with E-state index >= 15 is 0 Å². The van der Waals surface area contributed by atoms with Gasteiger partial charge in [-0.15, -0.1) is 0 Å². The van der Waals surface area contributed by atoms with Gasteiger partial charge in [-0.1, -0.05) is 36.4 Å². The van der Waals surface area contributed by atoms with E-state index in [0.717, 1.165) is 18.7 Å². The number of anilines is 1. The smallest absolute Gasteiger partial charge is 0.241 e. The number of amides is 1. The minimum Gasteiger partial charge on any atom is -0.330 e. The van der Waals surface area contributed by atoms with Gasteiger partial charge in [0.2, 0.25) is 5.91 Å². The molecule has 3 rings (SSSR count). The molecule has 4 nitrogen and oxygen atoms in total. The fourth-order valence-electron chi connectivity index (χ4n) is 3.66. The molecule has 3 N–H and O–H groups in total. The fraction of sp³-hybridized carbons (Fsp3) is 0.381. The molecule has 138 valence electrons. The van der Waals surface area contributed by atoms with E-state index in [0.29, 0.717) is 18.4 Å². The molecule has 0 aromatic heterocycles. The fourth-order valence-corrected chi connectivity index (χ4v) is 3.66. The zero-order valence-corrected chi connectivity index (χ0v) is 15.3. The topological polar surface area (TPSA) is 58.4 Å². The Balaban J connectivity index is 1.69. The summed E-state index contributed by atoms with van der Waals surface area (Å²) in [6.07, 6.45) is 0.